The van der Waals surface area contributed by atoms with Crippen LogP contribution in [-0.2, 0) is 9.47 Å². The van der Waals surface area contributed by atoms with Gasteiger partial charge in [-0.1, -0.05) is 13.8 Å². The Labute approximate surface area is 99.9 Å². The standard InChI is InChI=1S/C13H27NO2/c1-3-7-14-13(4-2)11-16-10-12-5-8-15-9-6-12/h12-14H,3-11H2,1-2H3. The normalized spacial score (nSPS) is 19.9. The summed E-state index contributed by atoms with van der Waals surface area (Å²) < 4.78 is 11.1. The number of hydrogen-bond donors (Lipinski definition) is 1. The minimum absolute atomic E-state index is 0.528. The van der Waals surface area contributed by atoms with Gasteiger partial charge >= 0.3 is 0 Å². The van der Waals surface area contributed by atoms with Crippen molar-refractivity contribution in [1.82, 2.24) is 5.32 Å². The number of rotatable bonds is 8. The molecule has 1 atom stereocenters. The first-order valence-corrected chi connectivity index (χ1v) is 6.75. The maximum Gasteiger partial charge on any atom is 0.0619 e. The molecule has 0 spiro atoms. The Hall–Kier alpha value is -0.120. The molecule has 3 heteroatoms. The molecule has 0 aromatic carbocycles. The molecule has 0 radical (unpaired) electrons. The summed E-state index contributed by atoms with van der Waals surface area (Å²) in [5.74, 6) is 0.720. The van der Waals surface area contributed by atoms with Gasteiger partial charge in [0.15, 0.2) is 0 Å². The van der Waals surface area contributed by atoms with Gasteiger partial charge in [0.2, 0.25) is 0 Å². The lowest BCUT2D eigenvalue weighted by molar-refractivity contribution is 0.0151. The highest BCUT2D eigenvalue weighted by Crippen LogP contribution is 2.14. The van der Waals surface area contributed by atoms with Crippen molar-refractivity contribution >= 4 is 0 Å². The fourth-order valence-electron chi connectivity index (χ4n) is 1.96. The molecule has 0 bridgehead atoms. The molecule has 0 saturated carbocycles. The summed E-state index contributed by atoms with van der Waals surface area (Å²) in [4.78, 5) is 0. The van der Waals surface area contributed by atoms with Crippen molar-refractivity contribution in [3.63, 3.8) is 0 Å². The Morgan fingerprint density at radius 1 is 1.31 bits per heavy atom. The van der Waals surface area contributed by atoms with Crippen molar-refractivity contribution in [3.8, 4) is 0 Å². The molecule has 1 aliphatic rings. The van der Waals surface area contributed by atoms with Gasteiger partial charge in [-0.15, -0.1) is 0 Å². The van der Waals surface area contributed by atoms with Crippen molar-refractivity contribution in [2.75, 3.05) is 33.0 Å². The van der Waals surface area contributed by atoms with Gasteiger partial charge in [0.1, 0.15) is 0 Å². The summed E-state index contributed by atoms with van der Waals surface area (Å²) in [6, 6.07) is 0.528. The van der Waals surface area contributed by atoms with E-state index in [-0.39, 0.29) is 0 Å². The van der Waals surface area contributed by atoms with Crippen LogP contribution >= 0.6 is 0 Å². The van der Waals surface area contributed by atoms with Crippen LogP contribution in [0.2, 0.25) is 0 Å². The Morgan fingerprint density at radius 2 is 2.06 bits per heavy atom. The van der Waals surface area contributed by atoms with Crippen molar-refractivity contribution in [3.05, 3.63) is 0 Å². The molecule has 1 N–H and O–H groups in total. The average Bonchev–Trinajstić information content (AvgIpc) is 2.35. The van der Waals surface area contributed by atoms with Gasteiger partial charge in [-0.05, 0) is 38.1 Å². The van der Waals surface area contributed by atoms with Crippen LogP contribution < -0.4 is 5.32 Å². The van der Waals surface area contributed by atoms with Crippen LogP contribution in [0.3, 0.4) is 0 Å². The summed E-state index contributed by atoms with van der Waals surface area (Å²) in [5, 5.41) is 3.51. The Bertz CT molecular complexity index is 158. The Balaban J connectivity index is 2.02. The number of ether oxygens (including phenoxy) is 2. The third-order valence-electron chi connectivity index (χ3n) is 3.19. The van der Waals surface area contributed by atoms with E-state index in [0.717, 1.165) is 45.3 Å². The molecular formula is C13H27NO2. The molecule has 1 aliphatic heterocycles. The van der Waals surface area contributed by atoms with Crippen LogP contribution in [0.15, 0.2) is 0 Å². The van der Waals surface area contributed by atoms with E-state index in [1.165, 1.54) is 19.3 Å². The van der Waals surface area contributed by atoms with Crippen molar-refractivity contribution in [2.45, 2.75) is 45.6 Å². The summed E-state index contributed by atoms with van der Waals surface area (Å²) in [6.45, 7) is 9.10. The minimum Gasteiger partial charge on any atom is -0.381 e. The monoisotopic (exact) mass is 229 g/mol. The number of nitrogens with one attached hydrogen (secondary N) is 1. The van der Waals surface area contributed by atoms with E-state index in [1.807, 2.05) is 0 Å². The smallest absolute Gasteiger partial charge is 0.0619 e. The Morgan fingerprint density at radius 3 is 2.69 bits per heavy atom. The SMILES string of the molecule is CCCNC(CC)COCC1CCOCC1. The highest BCUT2D eigenvalue weighted by atomic mass is 16.5. The first kappa shape index (κ1) is 13.9. The zero-order chi connectivity index (χ0) is 11.6. The second-order valence-corrected chi connectivity index (χ2v) is 4.65. The van der Waals surface area contributed by atoms with Crippen LogP contribution in [-0.4, -0.2) is 39.0 Å². The molecule has 1 heterocycles. The molecule has 1 fully saturated rings. The molecule has 0 aromatic rings. The molecule has 0 amide bonds. The second-order valence-electron chi connectivity index (χ2n) is 4.65. The fraction of sp³-hybridized carbons (Fsp3) is 1.00. The zero-order valence-electron chi connectivity index (χ0n) is 10.8. The van der Waals surface area contributed by atoms with Crippen molar-refractivity contribution in [1.29, 1.82) is 0 Å². The molecular weight excluding hydrogens is 202 g/mol. The number of hydrogen-bond acceptors (Lipinski definition) is 3. The highest BCUT2D eigenvalue weighted by molar-refractivity contribution is 4.66. The third kappa shape index (κ3) is 5.83. The van der Waals surface area contributed by atoms with E-state index in [2.05, 4.69) is 19.2 Å². The average molecular weight is 229 g/mol. The minimum atomic E-state index is 0.528. The summed E-state index contributed by atoms with van der Waals surface area (Å²) in [7, 11) is 0. The van der Waals surface area contributed by atoms with Crippen LogP contribution in [0.4, 0.5) is 0 Å². The lowest BCUT2D eigenvalue weighted by Crippen LogP contribution is -2.34. The third-order valence-corrected chi connectivity index (χ3v) is 3.19. The van der Waals surface area contributed by atoms with Gasteiger partial charge in [0.05, 0.1) is 6.61 Å². The van der Waals surface area contributed by atoms with Crippen LogP contribution in [0.25, 0.3) is 0 Å². The predicted molar refractivity (Wildman–Crippen MR) is 66.7 cm³/mol. The quantitative estimate of drug-likeness (QED) is 0.692. The topological polar surface area (TPSA) is 30.5 Å². The largest absolute Gasteiger partial charge is 0.381 e. The molecule has 3 nitrogen and oxygen atoms in total. The van der Waals surface area contributed by atoms with E-state index in [4.69, 9.17) is 9.47 Å². The van der Waals surface area contributed by atoms with E-state index in [1.54, 1.807) is 0 Å². The van der Waals surface area contributed by atoms with Crippen molar-refractivity contribution in [2.24, 2.45) is 5.92 Å². The first-order chi connectivity index (χ1) is 7.86. The first-order valence-electron chi connectivity index (χ1n) is 6.75. The maximum atomic E-state index is 5.81. The van der Waals surface area contributed by atoms with Crippen molar-refractivity contribution < 1.29 is 9.47 Å². The van der Waals surface area contributed by atoms with Gasteiger partial charge < -0.3 is 14.8 Å². The van der Waals surface area contributed by atoms with Crippen LogP contribution in [0.5, 0.6) is 0 Å². The molecule has 0 aromatic heterocycles. The molecule has 0 aliphatic carbocycles. The van der Waals surface area contributed by atoms with E-state index >= 15 is 0 Å². The fourth-order valence-corrected chi connectivity index (χ4v) is 1.96. The molecule has 1 unspecified atom stereocenters. The van der Waals surface area contributed by atoms with Gasteiger partial charge in [-0.25, -0.2) is 0 Å². The molecule has 1 saturated heterocycles. The summed E-state index contributed by atoms with van der Waals surface area (Å²) in [5.41, 5.74) is 0. The highest BCUT2D eigenvalue weighted by Gasteiger charge is 2.14. The second kappa shape index (κ2) is 8.97. The lowest BCUT2D eigenvalue weighted by atomic mass is 10.0. The predicted octanol–water partition coefficient (Wildman–Crippen LogP) is 2.21. The van der Waals surface area contributed by atoms with E-state index < -0.39 is 0 Å². The van der Waals surface area contributed by atoms with E-state index in [9.17, 15) is 0 Å². The van der Waals surface area contributed by atoms with Crippen LogP contribution in [0, 0.1) is 5.92 Å². The van der Waals surface area contributed by atoms with Crippen LogP contribution in [0.1, 0.15) is 39.5 Å². The van der Waals surface area contributed by atoms with Gasteiger partial charge in [-0.3, -0.25) is 0 Å². The molecule has 1 rings (SSSR count). The summed E-state index contributed by atoms with van der Waals surface area (Å²) in [6.07, 6.45) is 4.67. The Kier molecular flexibility index (Phi) is 7.81. The van der Waals surface area contributed by atoms with E-state index in [0.29, 0.717) is 6.04 Å². The molecule has 16 heavy (non-hydrogen) atoms. The van der Waals surface area contributed by atoms with Gasteiger partial charge in [0, 0.05) is 25.9 Å². The zero-order valence-corrected chi connectivity index (χ0v) is 10.8. The lowest BCUT2D eigenvalue weighted by Gasteiger charge is -2.23. The molecule has 96 valence electrons. The summed E-state index contributed by atoms with van der Waals surface area (Å²) >= 11 is 0. The van der Waals surface area contributed by atoms with Gasteiger partial charge in [-0.2, -0.15) is 0 Å². The maximum absolute atomic E-state index is 5.81. The van der Waals surface area contributed by atoms with Gasteiger partial charge in [0.25, 0.3) is 0 Å².